The molecule has 0 heterocycles. The van der Waals surface area contributed by atoms with Crippen LogP contribution in [0.4, 0.5) is 8.78 Å². The number of benzene rings is 1. The molecular weight excluding hydrogens is 190 g/mol. The lowest BCUT2D eigenvalue weighted by atomic mass is 10.0. The van der Waals surface area contributed by atoms with Gasteiger partial charge in [-0.25, -0.2) is 8.78 Å². The average molecular weight is 198 g/mol. The molecule has 0 spiro atoms. The summed E-state index contributed by atoms with van der Waals surface area (Å²) in [6.07, 6.45) is 0.654. The number of fused-ring (bicyclic) bond motifs is 1. The number of rotatable bonds is 1. The average Bonchev–Trinajstić information content (AvgIpc) is 2.55. The predicted octanol–water partition coefficient (Wildman–Crippen LogP) is 2.08. The Labute approximate surface area is 79.2 Å². The van der Waals surface area contributed by atoms with E-state index in [1.807, 2.05) is 0 Å². The molecule has 0 saturated heterocycles. The molecule has 1 aliphatic carbocycles. The SMILES string of the molecule is O=C(O)[C@@H]1CCc2c1ccc(F)c2F. The van der Waals surface area contributed by atoms with Crippen LogP contribution in [0, 0.1) is 11.6 Å². The zero-order chi connectivity index (χ0) is 10.3. The number of hydrogen-bond donors (Lipinski definition) is 1. The molecule has 14 heavy (non-hydrogen) atoms. The summed E-state index contributed by atoms with van der Waals surface area (Å²) in [4.78, 5) is 10.7. The van der Waals surface area contributed by atoms with Gasteiger partial charge in [0, 0.05) is 0 Å². The van der Waals surface area contributed by atoms with Gasteiger partial charge in [-0.15, -0.1) is 0 Å². The summed E-state index contributed by atoms with van der Waals surface area (Å²) in [5.41, 5.74) is 0.633. The Bertz CT molecular complexity index is 401. The molecule has 0 saturated carbocycles. The highest BCUT2D eigenvalue weighted by molar-refractivity contribution is 5.77. The molecule has 1 N–H and O–H groups in total. The molecule has 1 aromatic rings. The lowest BCUT2D eigenvalue weighted by Crippen LogP contribution is -2.08. The van der Waals surface area contributed by atoms with E-state index in [4.69, 9.17) is 5.11 Å². The first kappa shape index (κ1) is 9.12. The van der Waals surface area contributed by atoms with Gasteiger partial charge < -0.3 is 5.11 Å². The summed E-state index contributed by atoms with van der Waals surface area (Å²) >= 11 is 0. The van der Waals surface area contributed by atoms with E-state index >= 15 is 0 Å². The van der Waals surface area contributed by atoms with Gasteiger partial charge in [-0.1, -0.05) is 6.07 Å². The number of aliphatic carboxylic acids is 1. The van der Waals surface area contributed by atoms with Crippen molar-refractivity contribution < 1.29 is 18.7 Å². The van der Waals surface area contributed by atoms with Crippen molar-refractivity contribution in [2.75, 3.05) is 0 Å². The molecule has 4 heteroatoms. The number of carboxylic acids is 1. The highest BCUT2D eigenvalue weighted by Crippen LogP contribution is 2.35. The van der Waals surface area contributed by atoms with Gasteiger partial charge in [-0.3, -0.25) is 4.79 Å². The molecule has 1 atom stereocenters. The second-order valence-electron chi connectivity index (χ2n) is 3.36. The summed E-state index contributed by atoms with van der Waals surface area (Å²) in [6.45, 7) is 0. The van der Waals surface area contributed by atoms with Crippen LogP contribution in [0.1, 0.15) is 23.5 Å². The summed E-state index contributed by atoms with van der Waals surface area (Å²) < 4.78 is 26.0. The summed E-state index contributed by atoms with van der Waals surface area (Å²) in [5, 5.41) is 8.80. The van der Waals surface area contributed by atoms with Crippen LogP contribution in [0.15, 0.2) is 12.1 Å². The van der Waals surface area contributed by atoms with Crippen LogP contribution >= 0.6 is 0 Å². The quantitative estimate of drug-likeness (QED) is 0.750. The smallest absolute Gasteiger partial charge is 0.310 e. The molecule has 2 rings (SSSR count). The minimum absolute atomic E-state index is 0.220. The Balaban J connectivity index is 2.53. The van der Waals surface area contributed by atoms with Crippen LogP contribution in [0.3, 0.4) is 0 Å². The van der Waals surface area contributed by atoms with Gasteiger partial charge in [-0.2, -0.15) is 0 Å². The number of carboxylic acid groups (broad SMARTS) is 1. The second kappa shape index (κ2) is 3.04. The maximum Gasteiger partial charge on any atom is 0.310 e. The van der Waals surface area contributed by atoms with Crippen molar-refractivity contribution in [3.8, 4) is 0 Å². The molecule has 1 aromatic carbocycles. The van der Waals surface area contributed by atoms with Crippen molar-refractivity contribution >= 4 is 5.97 Å². The van der Waals surface area contributed by atoms with E-state index in [1.165, 1.54) is 6.07 Å². The van der Waals surface area contributed by atoms with E-state index in [-0.39, 0.29) is 5.56 Å². The van der Waals surface area contributed by atoms with E-state index < -0.39 is 23.5 Å². The Kier molecular flexibility index (Phi) is 1.98. The fraction of sp³-hybridized carbons (Fsp3) is 0.300. The highest BCUT2D eigenvalue weighted by atomic mass is 19.2. The lowest BCUT2D eigenvalue weighted by molar-refractivity contribution is -0.138. The van der Waals surface area contributed by atoms with Crippen molar-refractivity contribution in [2.24, 2.45) is 0 Å². The topological polar surface area (TPSA) is 37.3 Å². The van der Waals surface area contributed by atoms with Gasteiger partial charge in [0.05, 0.1) is 5.92 Å². The molecule has 0 aromatic heterocycles. The molecular formula is C10H8F2O2. The minimum Gasteiger partial charge on any atom is -0.481 e. The van der Waals surface area contributed by atoms with E-state index in [0.29, 0.717) is 18.4 Å². The molecule has 2 nitrogen and oxygen atoms in total. The first-order valence-electron chi connectivity index (χ1n) is 4.31. The van der Waals surface area contributed by atoms with E-state index in [1.54, 1.807) is 0 Å². The molecule has 0 radical (unpaired) electrons. The monoisotopic (exact) mass is 198 g/mol. The number of halogens is 2. The Morgan fingerprint density at radius 1 is 1.43 bits per heavy atom. The van der Waals surface area contributed by atoms with Gasteiger partial charge in [0.1, 0.15) is 0 Å². The highest BCUT2D eigenvalue weighted by Gasteiger charge is 2.31. The predicted molar refractivity (Wildman–Crippen MR) is 45.1 cm³/mol. The zero-order valence-electron chi connectivity index (χ0n) is 7.26. The van der Waals surface area contributed by atoms with Crippen LogP contribution in [-0.4, -0.2) is 11.1 Å². The van der Waals surface area contributed by atoms with Crippen LogP contribution in [0.25, 0.3) is 0 Å². The first-order chi connectivity index (χ1) is 6.61. The fourth-order valence-corrected chi connectivity index (χ4v) is 1.89. The largest absolute Gasteiger partial charge is 0.481 e. The van der Waals surface area contributed by atoms with Gasteiger partial charge in [0.15, 0.2) is 11.6 Å². The fourth-order valence-electron chi connectivity index (χ4n) is 1.89. The molecule has 0 fully saturated rings. The molecule has 0 aliphatic heterocycles. The van der Waals surface area contributed by atoms with Crippen LogP contribution in [0.2, 0.25) is 0 Å². The third-order valence-electron chi connectivity index (χ3n) is 2.59. The summed E-state index contributed by atoms with van der Waals surface area (Å²) in [5.74, 6) is -3.46. The minimum atomic E-state index is -0.977. The zero-order valence-corrected chi connectivity index (χ0v) is 7.26. The van der Waals surface area contributed by atoms with Gasteiger partial charge in [0.25, 0.3) is 0 Å². The van der Waals surface area contributed by atoms with Crippen molar-refractivity contribution in [1.82, 2.24) is 0 Å². The van der Waals surface area contributed by atoms with Crippen LogP contribution in [0.5, 0.6) is 0 Å². The third-order valence-corrected chi connectivity index (χ3v) is 2.59. The molecule has 74 valence electrons. The molecule has 0 bridgehead atoms. The van der Waals surface area contributed by atoms with Gasteiger partial charge in [0.2, 0.25) is 0 Å². The van der Waals surface area contributed by atoms with Crippen LogP contribution < -0.4 is 0 Å². The second-order valence-corrected chi connectivity index (χ2v) is 3.36. The molecule has 1 aliphatic rings. The number of hydrogen-bond acceptors (Lipinski definition) is 1. The summed E-state index contributed by atoms with van der Waals surface area (Å²) in [6, 6.07) is 2.34. The van der Waals surface area contributed by atoms with Crippen molar-refractivity contribution in [1.29, 1.82) is 0 Å². The Morgan fingerprint density at radius 2 is 2.14 bits per heavy atom. The number of carbonyl (C=O) groups is 1. The molecule has 0 amide bonds. The van der Waals surface area contributed by atoms with E-state index in [9.17, 15) is 13.6 Å². The van der Waals surface area contributed by atoms with Gasteiger partial charge >= 0.3 is 5.97 Å². The standard InChI is InChI=1S/C10H8F2O2/c11-8-4-3-5-6(9(8)12)1-2-7(5)10(13)14/h3-4,7H,1-2H2,(H,13,14)/t7-/m1/s1. The van der Waals surface area contributed by atoms with Crippen LogP contribution in [-0.2, 0) is 11.2 Å². The van der Waals surface area contributed by atoms with E-state index in [0.717, 1.165) is 6.07 Å². The third kappa shape index (κ3) is 1.18. The van der Waals surface area contributed by atoms with Crippen molar-refractivity contribution in [3.05, 3.63) is 34.9 Å². The van der Waals surface area contributed by atoms with Crippen molar-refractivity contribution in [2.45, 2.75) is 18.8 Å². The first-order valence-corrected chi connectivity index (χ1v) is 4.31. The normalized spacial score (nSPS) is 19.4. The van der Waals surface area contributed by atoms with E-state index in [2.05, 4.69) is 0 Å². The lowest BCUT2D eigenvalue weighted by Gasteiger charge is -2.05. The maximum atomic E-state index is 13.2. The molecule has 0 unspecified atom stereocenters. The van der Waals surface area contributed by atoms with Crippen molar-refractivity contribution in [3.63, 3.8) is 0 Å². The van der Waals surface area contributed by atoms with Gasteiger partial charge in [-0.05, 0) is 30.0 Å². The Hall–Kier alpha value is -1.45. The maximum absolute atomic E-state index is 13.2. The summed E-state index contributed by atoms with van der Waals surface area (Å²) in [7, 11) is 0. The Morgan fingerprint density at radius 3 is 2.79 bits per heavy atom.